The first-order valence-electron chi connectivity index (χ1n) is 13.4. The summed E-state index contributed by atoms with van der Waals surface area (Å²) in [7, 11) is 0. The van der Waals surface area contributed by atoms with Gasteiger partial charge in [0.25, 0.3) is 0 Å². The Bertz CT molecular complexity index is 1630. The smallest absolute Gasteiger partial charge is 0.434 e. The van der Waals surface area contributed by atoms with E-state index in [9.17, 15) is 36.2 Å². The summed E-state index contributed by atoms with van der Waals surface area (Å²) < 4.78 is 85.8. The van der Waals surface area contributed by atoms with Crippen LogP contribution in [-0.4, -0.2) is 56.6 Å². The number of ether oxygens (including phenoxy) is 1. The van der Waals surface area contributed by atoms with Crippen LogP contribution in [0.4, 0.5) is 26.3 Å². The summed E-state index contributed by atoms with van der Waals surface area (Å²) in [4.78, 5) is 17.1. The highest BCUT2D eigenvalue weighted by Gasteiger charge is 2.41. The third kappa shape index (κ3) is 7.33. The molecule has 2 aromatic heterocycles. The van der Waals surface area contributed by atoms with Gasteiger partial charge in [0, 0.05) is 10.6 Å². The van der Waals surface area contributed by atoms with E-state index in [-0.39, 0.29) is 24.0 Å². The number of hydrogen-bond acceptors (Lipinski definition) is 5. The number of halogens is 7. The van der Waals surface area contributed by atoms with Crippen LogP contribution in [0.2, 0.25) is 5.02 Å². The van der Waals surface area contributed by atoms with E-state index >= 15 is 0 Å². The second-order valence-electron chi connectivity index (χ2n) is 10.3. The molecule has 232 valence electrons. The molecule has 0 atom stereocenters. The Hall–Kier alpha value is -4.10. The van der Waals surface area contributed by atoms with Gasteiger partial charge in [-0.25, -0.2) is 14.5 Å². The van der Waals surface area contributed by atoms with Gasteiger partial charge in [0.1, 0.15) is 17.9 Å². The summed E-state index contributed by atoms with van der Waals surface area (Å²) in [5.41, 5.74) is -0.00894. The number of aromatic nitrogens is 3. The Morgan fingerprint density at radius 1 is 1.00 bits per heavy atom. The third-order valence-corrected chi connectivity index (χ3v) is 7.51. The van der Waals surface area contributed by atoms with Crippen molar-refractivity contribution in [1.29, 1.82) is 0 Å². The fraction of sp³-hybridized carbons (Fsp3) is 0.300. The van der Waals surface area contributed by atoms with Gasteiger partial charge in [-0.2, -0.15) is 31.4 Å². The molecule has 3 heterocycles. The van der Waals surface area contributed by atoms with E-state index in [4.69, 9.17) is 16.3 Å². The number of carboxylic acids is 1. The van der Waals surface area contributed by atoms with E-state index in [0.29, 0.717) is 53.1 Å². The number of aromatic carboxylic acids is 1. The second kappa shape index (κ2) is 12.5. The van der Waals surface area contributed by atoms with E-state index in [1.807, 2.05) is 24.3 Å². The van der Waals surface area contributed by atoms with Crippen LogP contribution in [0.1, 0.15) is 45.9 Å². The molecule has 44 heavy (non-hydrogen) atoms. The zero-order valence-corrected chi connectivity index (χ0v) is 23.6. The molecular weight excluding hydrogens is 614 g/mol. The number of piperidine rings is 1. The number of nitrogens with zero attached hydrogens (tertiary/aromatic N) is 4. The second-order valence-corrected chi connectivity index (χ2v) is 10.8. The lowest BCUT2D eigenvalue weighted by molar-refractivity contribution is -0.148. The first-order chi connectivity index (χ1) is 20.8. The van der Waals surface area contributed by atoms with E-state index in [0.717, 1.165) is 11.1 Å². The Morgan fingerprint density at radius 2 is 1.70 bits per heavy atom. The standard InChI is InChI=1S/C30H25ClF6N4O3/c31-21-8-9-25(44-16-18-4-6-19(7-5-18)20-10-12-40(13-11-20)17-29(32,33)34)22(14-21)24-2-1-3-26(39-24)41-27(30(35,36)37)23(15-38-41)28(42)43/h1-9,14-15,20H,10-13,16-17H2,(H,42,43). The molecule has 1 aliphatic rings. The molecule has 5 rings (SSSR count). The first-order valence-corrected chi connectivity index (χ1v) is 13.8. The Kier molecular flexibility index (Phi) is 8.89. The molecule has 14 heteroatoms. The van der Waals surface area contributed by atoms with Crippen LogP contribution in [0.25, 0.3) is 17.1 Å². The average molecular weight is 639 g/mol. The van der Waals surface area contributed by atoms with Crippen molar-refractivity contribution in [1.82, 2.24) is 19.7 Å². The van der Waals surface area contributed by atoms with Crippen molar-refractivity contribution in [3.8, 4) is 22.8 Å². The summed E-state index contributed by atoms with van der Waals surface area (Å²) in [5, 5.41) is 13.2. The zero-order valence-electron chi connectivity index (χ0n) is 22.9. The van der Waals surface area contributed by atoms with Crippen molar-refractivity contribution >= 4 is 17.6 Å². The summed E-state index contributed by atoms with van der Waals surface area (Å²) in [6.07, 6.45) is -7.33. The number of carboxylic acid groups (broad SMARTS) is 1. The molecular formula is C30H25ClF6N4O3. The molecule has 1 saturated heterocycles. The highest BCUT2D eigenvalue weighted by molar-refractivity contribution is 6.31. The van der Waals surface area contributed by atoms with Crippen molar-refractivity contribution < 1.29 is 41.0 Å². The number of pyridine rings is 1. The normalized spacial score (nSPS) is 15.0. The van der Waals surface area contributed by atoms with Gasteiger partial charge in [0.2, 0.25) is 0 Å². The Labute approximate surface area is 252 Å². The van der Waals surface area contributed by atoms with Gasteiger partial charge >= 0.3 is 18.3 Å². The maximum Gasteiger partial charge on any atom is 0.434 e. The third-order valence-electron chi connectivity index (χ3n) is 7.27. The van der Waals surface area contributed by atoms with E-state index in [1.165, 1.54) is 17.0 Å². The van der Waals surface area contributed by atoms with Crippen molar-refractivity contribution in [3.05, 3.63) is 94.3 Å². The predicted octanol–water partition coefficient (Wildman–Crippen LogP) is 7.63. The molecule has 1 N–H and O–H groups in total. The van der Waals surface area contributed by atoms with Crippen molar-refractivity contribution in [2.45, 2.75) is 37.7 Å². The fourth-order valence-electron chi connectivity index (χ4n) is 5.20. The van der Waals surface area contributed by atoms with Crippen LogP contribution in [-0.2, 0) is 12.8 Å². The molecule has 0 spiro atoms. The molecule has 0 radical (unpaired) electrons. The van der Waals surface area contributed by atoms with Gasteiger partial charge in [-0.15, -0.1) is 0 Å². The van der Waals surface area contributed by atoms with E-state index in [1.54, 1.807) is 24.3 Å². The highest BCUT2D eigenvalue weighted by Crippen LogP contribution is 2.36. The summed E-state index contributed by atoms with van der Waals surface area (Å²) >= 11 is 6.22. The minimum Gasteiger partial charge on any atom is -0.488 e. The van der Waals surface area contributed by atoms with Crippen molar-refractivity contribution in [3.63, 3.8) is 0 Å². The van der Waals surface area contributed by atoms with Crippen LogP contribution in [0.3, 0.4) is 0 Å². The first kappa shape index (κ1) is 31.3. The molecule has 0 unspecified atom stereocenters. The van der Waals surface area contributed by atoms with Crippen LogP contribution in [0.15, 0.2) is 66.9 Å². The van der Waals surface area contributed by atoms with Gasteiger partial charge in [0.15, 0.2) is 11.5 Å². The van der Waals surface area contributed by atoms with Crippen molar-refractivity contribution in [2.75, 3.05) is 19.6 Å². The summed E-state index contributed by atoms with van der Waals surface area (Å²) in [6.45, 7) is -0.00548. The SMILES string of the molecule is O=C(O)c1cnn(-c2cccc(-c3cc(Cl)ccc3OCc3ccc(C4CCN(CC(F)(F)F)CC4)cc3)n2)c1C(F)(F)F. The maximum atomic E-state index is 13.8. The molecule has 0 aliphatic carbocycles. The average Bonchev–Trinajstić information content (AvgIpc) is 3.44. The van der Waals surface area contributed by atoms with E-state index < -0.39 is 36.1 Å². The molecule has 0 saturated carbocycles. The lowest BCUT2D eigenvalue weighted by Gasteiger charge is -2.32. The summed E-state index contributed by atoms with van der Waals surface area (Å²) in [5.74, 6) is -1.52. The number of likely N-dealkylation sites (tertiary alicyclic amines) is 1. The number of alkyl halides is 6. The van der Waals surface area contributed by atoms with Crippen LogP contribution in [0, 0.1) is 0 Å². The van der Waals surface area contributed by atoms with Crippen LogP contribution < -0.4 is 4.74 Å². The molecule has 1 aliphatic heterocycles. The zero-order chi connectivity index (χ0) is 31.6. The molecule has 2 aromatic carbocycles. The number of carbonyl (C=O) groups is 1. The lowest BCUT2D eigenvalue weighted by atomic mass is 9.89. The maximum absolute atomic E-state index is 13.8. The molecule has 1 fully saturated rings. The van der Waals surface area contributed by atoms with Crippen molar-refractivity contribution in [2.24, 2.45) is 0 Å². The van der Waals surface area contributed by atoms with Gasteiger partial charge in [0.05, 0.1) is 18.4 Å². The lowest BCUT2D eigenvalue weighted by Crippen LogP contribution is -2.39. The van der Waals surface area contributed by atoms with E-state index in [2.05, 4.69) is 10.1 Å². The highest BCUT2D eigenvalue weighted by atomic mass is 35.5. The van der Waals surface area contributed by atoms with Crippen LogP contribution >= 0.6 is 11.6 Å². The largest absolute Gasteiger partial charge is 0.488 e. The van der Waals surface area contributed by atoms with Gasteiger partial charge < -0.3 is 9.84 Å². The fourth-order valence-corrected chi connectivity index (χ4v) is 5.37. The molecule has 4 aromatic rings. The quantitative estimate of drug-likeness (QED) is 0.200. The van der Waals surface area contributed by atoms with Crippen LogP contribution in [0.5, 0.6) is 5.75 Å². The molecule has 7 nitrogen and oxygen atoms in total. The molecule has 0 bridgehead atoms. The van der Waals surface area contributed by atoms with Gasteiger partial charge in [-0.3, -0.25) is 4.90 Å². The number of hydrogen-bond donors (Lipinski definition) is 1. The minimum absolute atomic E-state index is 0.137. The number of rotatable bonds is 8. The Morgan fingerprint density at radius 3 is 2.34 bits per heavy atom. The topological polar surface area (TPSA) is 80.5 Å². The van der Waals surface area contributed by atoms with Gasteiger partial charge in [-0.1, -0.05) is 41.9 Å². The number of benzene rings is 2. The Balaban J connectivity index is 1.32. The van der Waals surface area contributed by atoms with Gasteiger partial charge in [-0.05, 0) is 73.3 Å². The summed E-state index contributed by atoms with van der Waals surface area (Å²) in [6, 6.07) is 16.6. The monoisotopic (exact) mass is 638 g/mol. The molecule has 0 amide bonds. The minimum atomic E-state index is -5.01. The predicted molar refractivity (Wildman–Crippen MR) is 149 cm³/mol.